The van der Waals surface area contributed by atoms with Gasteiger partial charge in [-0.25, -0.2) is 9.38 Å². The van der Waals surface area contributed by atoms with Gasteiger partial charge in [0.15, 0.2) is 17.2 Å². The maximum atomic E-state index is 13.0. The van der Waals surface area contributed by atoms with Crippen LogP contribution >= 0.6 is 11.5 Å². The Morgan fingerprint density at radius 3 is 2.59 bits per heavy atom. The fourth-order valence-electron chi connectivity index (χ4n) is 2.39. The van der Waals surface area contributed by atoms with Gasteiger partial charge in [0.05, 0.1) is 6.54 Å². The van der Waals surface area contributed by atoms with Crippen molar-refractivity contribution in [3.8, 4) is 0 Å². The molecule has 2 heterocycles. The van der Waals surface area contributed by atoms with Crippen molar-refractivity contribution in [1.82, 2.24) is 9.69 Å². The van der Waals surface area contributed by atoms with E-state index in [4.69, 9.17) is 5.73 Å². The van der Waals surface area contributed by atoms with Crippen LogP contribution in [0.4, 0.5) is 22.6 Å². The van der Waals surface area contributed by atoms with Crippen molar-refractivity contribution >= 4 is 28.7 Å². The summed E-state index contributed by atoms with van der Waals surface area (Å²) in [6.07, 6.45) is -3.15. The van der Waals surface area contributed by atoms with Gasteiger partial charge in [-0.2, -0.15) is 17.5 Å². The third kappa shape index (κ3) is 4.25. The molecule has 0 bridgehead atoms. The first-order valence-corrected chi connectivity index (χ1v) is 8.39. The Bertz CT molecular complexity index is 904. The number of aromatic nitrogens is 1. The van der Waals surface area contributed by atoms with Crippen LogP contribution in [0.25, 0.3) is 0 Å². The summed E-state index contributed by atoms with van der Waals surface area (Å²) in [4.78, 5) is 17.3. The average molecular weight is 399 g/mol. The number of alkyl halides is 3. The largest absolute Gasteiger partial charge is 0.434 e. The topological polar surface area (TPSA) is 83.6 Å². The van der Waals surface area contributed by atoms with Gasteiger partial charge in [-0.15, -0.1) is 0 Å². The highest BCUT2D eigenvalue weighted by Gasteiger charge is 2.35. The van der Waals surface area contributed by atoms with E-state index >= 15 is 0 Å². The third-order valence-electron chi connectivity index (χ3n) is 3.64. The fraction of sp³-hybridized carbons (Fsp3) is 0.188. The van der Waals surface area contributed by atoms with E-state index < -0.39 is 17.8 Å². The van der Waals surface area contributed by atoms with Crippen molar-refractivity contribution in [2.75, 3.05) is 11.4 Å². The summed E-state index contributed by atoms with van der Waals surface area (Å²) < 4.78 is 54.7. The zero-order chi connectivity index (χ0) is 19.6. The lowest BCUT2D eigenvalue weighted by atomic mass is 10.2. The van der Waals surface area contributed by atoms with E-state index in [0.29, 0.717) is 11.5 Å². The summed E-state index contributed by atoms with van der Waals surface area (Å²) in [6, 6.07) is 6.52. The Morgan fingerprint density at radius 2 is 2.00 bits per heavy atom. The number of hydrogen-bond donors (Lipinski definition) is 2. The molecule has 142 valence electrons. The smallest absolute Gasteiger partial charge is 0.364 e. The van der Waals surface area contributed by atoms with Crippen molar-refractivity contribution in [2.45, 2.75) is 12.7 Å². The number of nitrogens with zero attached hydrogens (tertiary/aromatic N) is 3. The Kier molecular flexibility index (Phi) is 5.13. The van der Waals surface area contributed by atoms with E-state index in [1.807, 2.05) is 0 Å². The van der Waals surface area contributed by atoms with E-state index in [-0.39, 0.29) is 35.4 Å². The molecule has 0 unspecified atom stereocenters. The summed E-state index contributed by atoms with van der Waals surface area (Å²) in [6.45, 7) is 0.285. The molecule has 3 rings (SSSR count). The molecule has 0 atom stereocenters. The number of primary amides is 1. The minimum atomic E-state index is -4.58. The highest BCUT2D eigenvalue weighted by molar-refractivity contribution is 7.10. The molecule has 11 heteroatoms. The van der Waals surface area contributed by atoms with Gasteiger partial charge in [0, 0.05) is 18.8 Å². The Hall–Kier alpha value is -2.95. The molecule has 2 aromatic rings. The third-order valence-corrected chi connectivity index (χ3v) is 4.45. The summed E-state index contributed by atoms with van der Waals surface area (Å²) in [5, 5.41) is 3.02. The highest BCUT2D eigenvalue weighted by atomic mass is 32.1. The molecule has 0 saturated carbocycles. The van der Waals surface area contributed by atoms with Crippen LogP contribution in [0.5, 0.6) is 0 Å². The van der Waals surface area contributed by atoms with E-state index in [9.17, 15) is 22.4 Å². The summed E-state index contributed by atoms with van der Waals surface area (Å²) in [5.74, 6) is -1.13. The number of amides is 1. The van der Waals surface area contributed by atoms with Gasteiger partial charge in [0.1, 0.15) is 10.8 Å². The monoisotopic (exact) mass is 399 g/mol. The van der Waals surface area contributed by atoms with Crippen LogP contribution in [-0.2, 0) is 17.5 Å². The van der Waals surface area contributed by atoms with Crippen LogP contribution in [-0.4, -0.2) is 23.0 Å². The molecule has 3 N–H and O–H groups in total. The van der Waals surface area contributed by atoms with Gasteiger partial charge < -0.3 is 16.0 Å². The average Bonchev–Trinajstić information content (AvgIpc) is 3.11. The maximum absolute atomic E-state index is 13.0. The molecular formula is C16H13F4N5OS. The summed E-state index contributed by atoms with van der Waals surface area (Å²) in [5.41, 5.74) is 5.03. The second-order valence-electron chi connectivity index (χ2n) is 5.51. The zero-order valence-corrected chi connectivity index (χ0v) is 14.4. The van der Waals surface area contributed by atoms with Crippen LogP contribution in [0.1, 0.15) is 11.3 Å². The molecule has 27 heavy (non-hydrogen) atoms. The number of nitrogens with two attached hydrogens (primary N) is 1. The number of hydrogen-bond acceptors (Lipinski definition) is 6. The minimum Gasteiger partial charge on any atom is -0.364 e. The second-order valence-corrected chi connectivity index (χ2v) is 6.30. The molecule has 0 radical (unpaired) electrons. The quantitative estimate of drug-likeness (QED) is 0.758. The van der Waals surface area contributed by atoms with Crippen LogP contribution in [0.3, 0.4) is 0 Å². The number of benzene rings is 1. The van der Waals surface area contributed by atoms with Gasteiger partial charge in [-0.05, 0) is 29.2 Å². The van der Waals surface area contributed by atoms with Crippen molar-refractivity contribution in [2.24, 2.45) is 10.7 Å². The number of carbonyl (C=O) groups excluding carboxylic acids is 1. The normalized spacial score (nSPS) is 14.6. The molecular weight excluding hydrogens is 386 g/mol. The lowest BCUT2D eigenvalue weighted by Gasteiger charge is -2.26. The van der Waals surface area contributed by atoms with E-state index in [0.717, 1.165) is 11.6 Å². The van der Waals surface area contributed by atoms with Crippen LogP contribution in [0, 0.1) is 5.82 Å². The fourth-order valence-corrected chi connectivity index (χ4v) is 3.16. The molecule has 0 aliphatic carbocycles. The Labute approximate surface area is 155 Å². The first-order chi connectivity index (χ1) is 12.8. The van der Waals surface area contributed by atoms with Gasteiger partial charge in [-0.3, -0.25) is 4.79 Å². The highest BCUT2D eigenvalue weighted by Crippen LogP contribution is 2.35. The Balaban J connectivity index is 1.87. The first kappa shape index (κ1) is 18.8. The molecule has 1 amide bonds. The van der Waals surface area contributed by atoms with E-state index in [1.54, 1.807) is 12.1 Å². The van der Waals surface area contributed by atoms with Gasteiger partial charge in [0.25, 0.3) is 5.91 Å². The second kappa shape index (κ2) is 7.35. The standard InChI is InChI=1S/C16H13F4N5OS/c17-10-3-1-9(2-4-10)8-23-15-13(14(21)26)25(6-5-22-15)12-7-11(24-27-12)16(18,19)20/h1-5,7,23H,6,8H2,(H2,21,26). The zero-order valence-electron chi connectivity index (χ0n) is 13.6. The first-order valence-electron chi connectivity index (χ1n) is 7.62. The molecule has 1 aliphatic rings. The summed E-state index contributed by atoms with van der Waals surface area (Å²) in [7, 11) is 0. The number of nitrogens with one attached hydrogen (secondary N) is 1. The Morgan fingerprint density at radius 1 is 1.30 bits per heavy atom. The number of rotatable bonds is 5. The van der Waals surface area contributed by atoms with E-state index in [1.165, 1.54) is 23.2 Å². The van der Waals surface area contributed by atoms with Gasteiger partial charge in [0.2, 0.25) is 0 Å². The SMILES string of the molecule is NC(=O)C1=C(NCc2ccc(F)cc2)N=CCN1c1cc(C(F)(F)F)ns1. The number of halogens is 4. The number of aliphatic imine (C=N–C) groups is 1. The lowest BCUT2D eigenvalue weighted by Crippen LogP contribution is -2.38. The van der Waals surface area contributed by atoms with Crippen molar-refractivity contribution < 1.29 is 22.4 Å². The molecule has 0 fully saturated rings. The van der Waals surface area contributed by atoms with E-state index in [2.05, 4.69) is 14.7 Å². The van der Waals surface area contributed by atoms with Gasteiger partial charge in [-0.1, -0.05) is 12.1 Å². The van der Waals surface area contributed by atoms with Crippen molar-refractivity contribution in [1.29, 1.82) is 0 Å². The van der Waals surface area contributed by atoms with Crippen LogP contribution < -0.4 is 16.0 Å². The molecule has 6 nitrogen and oxygen atoms in total. The molecule has 1 aromatic carbocycles. The molecule has 1 aromatic heterocycles. The van der Waals surface area contributed by atoms with Crippen molar-refractivity contribution in [3.63, 3.8) is 0 Å². The summed E-state index contributed by atoms with van der Waals surface area (Å²) >= 11 is 0.605. The maximum Gasteiger partial charge on any atom is 0.434 e. The van der Waals surface area contributed by atoms with Crippen molar-refractivity contribution in [3.05, 3.63) is 58.9 Å². The predicted octanol–water partition coefficient (Wildman–Crippen LogP) is 2.64. The molecule has 0 spiro atoms. The van der Waals surface area contributed by atoms with Gasteiger partial charge >= 0.3 is 6.18 Å². The van der Waals surface area contributed by atoms with Crippen LogP contribution in [0.2, 0.25) is 0 Å². The number of anilines is 1. The predicted molar refractivity (Wildman–Crippen MR) is 92.4 cm³/mol. The van der Waals surface area contributed by atoms with Crippen LogP contribution in [0.15, 0.2) is 46.8 Å². The minimum absolute atomic E-state index is 0.0689. The lowest BCUT2D eigenvalue weighted by molar-refractivity contribution is -0.140. The number of carbonyl (C=O) groups is 1. The molecule has 1 aliphatic heterocycles. The molecule has 0 saturated heterocycles.